The Kier molecular flexibility index (Phi) is 3.86. The van der Waals surface area contributed by atoms with Gasteiger partial charge < -0.3 is 10.3 Å². The number of fused-ring (bicyclic) bond motifs is 1. The van der Waals surface area contributed by atoms with Crippen molar-refractivity contribution < 1.29 is 4.79 Å². The van der Waals surface area contributed by atoms with Crippen LogP contribution in [0.2, 0.25) is 0 Å². The van der Waals surface area contributed by atoms with E-state index in [1.807, 2.05) is 19.2 Å². The van der Waals surface area contributed by atoms with Crippen LogP contribution >= 0.6 is 23.6 Å². The third kappa shape index (κ3) is 2.62. The van der Waals surface area contributed by atoms with Crippen LogP contribution in [0.3, 0.4) is 0 Å². The fraction of sp³-hybridized carbons (Fsp3) is 0.417. The Hall–Kier alpha value is -1.47. The highest BCUT2D eigenvalue weighted by Crippen LogP contribution is 2.15. The SMILES string of the molecule is CC(C)NC(=O)C(C)n1c(=S)[nH]c2sccc2c1=O. The number of hydrogen-bond donors (Lipinski definition) is 2. The van der Waals surface area contributed by atoms with Crippen LogP contribution in [0.5, 0.6) is 0 Å². The quantitative estimate of drug-likeness (QED) is 0.854. The van der Waals surface area contributed by atoms with Crippen LogP contribution < -0.4 is 10.9 Å². The van der Waals surface area contributed by atoms with E-state index in [4.69, 9.17) is 12.2 Å². The number of thiophene rings is 1. The van der Waals surface area contributed by atoms with Crippen LogP contribution in [0.15, 0.2) is 16.2 Å². The largest absolute Gasteiger partial charge is 0.352 e. The molecular formula is C12H15N3O2S2. The molecule has 1 atom stereocenters. The standard InChI is InChI=1S/C12H15N3O2S2/c1-6(2)13-9(16)7(3)15-11(17)8-4-5-19-10(8)14-12(15)18/h4-7H,1-3H3,(H,13,16)(H,14,18). The van der Waals surface area contributed by atoms with Crippen molar-refractivity contribution in [1.82, 2.24) is 14.9 Å². The second kappa shape index (κ2) is 5.26. The average molecular weight is 297 g/mol. The smallest absolute Gasteiger partial charge is 0.263 e. The minimum Gasteiger partial charge on any atom is -0.352 e. The summed E-state index contributed by atoms with van der Waals surface area (Å²) in [6.07, 6.45) is 0. The van der Waals surface area contributed by atoms with Gasteiger partial charge in [-0.05, 0) is 44.4 Å². The molecule has 102 valence electrons. The van der Waals surface area contributed by atoms with Crippen LogP contribution in [0, 0.1) is 4.77 Å². The number of nitrogens with zero attached hydrogens (tertiary/aromatic N) is 1. The molecule has 0 aromatic carbocycles. The molecule has 2 N–H and O–H groups in total. The first-order chi connectivity index (χ1) is 8.91. The van der Waals surface area contributed by atoms with Crippen molar-refractivity contribution in [2.24, 2.45) is 0 Å². The van der Waals surface area contributed by atoms with Crippen molar-refractivity contribution in [2.75, 3.05) is 0 Å². The van der Waals surface area contributed by atoms with Gasteiger partial charge in [0, 0.05) is 6.04 Å². The van der Waals surface area contributed by atoms with E-state index in [1.54, 1.807) is 13.0 Å². The maximum absolute atomic E-state index is 12.3. The average Bonchev–Trinajstić information content (AvgIpc) is 2.76. The van der Waals surface area contributed by atoms with Crippen molar-refractivity contribution in [1.29, 1.82) is 0 Å². The normalized spacial score (nSPS) is 12.8. The number of nitrogens with one attached hydrogen (secondary N) is 2. The molecular weight excluding hydrogens is 282 g/mol. The highest BCUT2D eigenvalue weighted by atomic mass is 32.1. The molecule has 1 amide bonds. The number of carbonyl (C=O) groups is 1. The van der Waals surface area contributed by atoms with E-state index in [0.29, 0.717) is 5.39 Å². The summed E-state index contributed by atoms with van der Waals surface area (Å²) >= 11 is 6.60. The lowest BCUT2D eigenvalue weighted by molar-refractivity contribution is -0.124. The number of aromatic amines is 1. The first-order valence-corrected chi connectivity index (χ1v) is 7.23. The van der Waals surface area contributed by atoms with Crippen molar-refractivity contribution in [3.63, 3.8) is 0 Å². The highest BCUT2D eigenvalue weighted by molar-refractivity contribution is 7.71. The van der Waals surface area contributed by atoms with Gasteiger partial charge in [-0.3, -0.25) is 14.2 Å². The summed E-state index contributed by atoms with van der Waals surface area (Å²) in [4.78, 5) is 28.1. The summed E-state index contributed by atoms with van der Waals surface area (Å²) in [7, 11) is 0. The molecule has 2 aromatic rings. The van der Waals surface area contributed by atoms with E-state index in [2.05, 4.69) is 10.3 Å². The third-order valence-electron chi connectivity index (χ3n) is 2.75. The van der Waals surface area contributed by atoms with Gasteiger partial charge in [-0.25, -0.2) is 0 Å². The number of hydrogen-bond acceptors (Lipinski definition) is 4. The van der Waals surface area contributed by atoms with Crippen molar-refractivity contribution >= 4 is 39.7 Å². The number of amides is 1. The molecule has 5 nitrogen and oxygen atoms in total. The molecule has 2 aromatic heterocycles. The maximum atomic E-state index is 12.3. The van der Waals surface area contributed by atoms with Crippen molar-refractivity contribution in [3.05, 3.63) is 26.6 Å². The maximum Gasteiger partial charge on any atom is 0.263 e. The van der Waals surface area contributed by atoms with E-state index in [9.17, 15) is 9.59 Å². The summed E-state index contributed by atoms with van der Waals surface area (Å²) in [5, 5.41) is 5.16. The first-order valence-electron chi connectivity index (χ1n) is 5.94. The molecule has 0 bridgehead atoms. The van der Waals surface area contributed by atoms with E-state index in [0.717, 1.165) is 4.83 Å². The topological polar surface area (TPSA) is 66.9 Å². The van der Waals surface area contributed by atoms with Crippen LogP contribution in [0.4, 0.5) is 0 Å². The number of H-pyrrole nitrogens is 1. The number of carbonyl (C=O) groups excluding carboxylic acids is 1. The summed E-state index contributed by atoms with van der Waals surface area (Å²) in [5.74, 6) is -0.217. The third-order valence-corrected chi connectivity index (χ3v) is 3.88. The number of rotatable bonds is 3. The van der Waals surface area contributed by atoms with E-state index in [1.165, 1.54) is 15.9 Å². The van der Waals surface area contributed by atoms with E-state index < -0.39 is 6.04 Å². The molecule has 0 saturated heterocycles. The van der Waals surface area contributed by atoms with Crippen LogP contribution in [-0.4, -0.2) is 21.5 Å². The van der Waals surface area contributed by atoms with Crippen molar-refractivity contribution in [2.45, 2.75) is 32.9 Å². The Balaban J connectivity index is 2.53. The van der Waals surface area contributed by atoms with Gasteiger partial charge >= 0.3 is 0 Å². The predicted molar refractivity (Wildman–Crippen MR) is 79.3 cm³/mol. The molecule has 0 radical (unpaired) electrons. The zero-order valence-corrected chi connectivity index (χ0v) is 12.5. The summed E-state index contributed by atoms with van der Waals surface area (Å²) < 4.78 is 1.59. The van der Waals surface area contributed by atoms with Crippen LogP contribution in [0.1, 0.15) is 26.8 Å². The van der Waals surface area contributed by atoms with E-state index >= 15 is 0 Å². The van der Waals surface area contributed by atoms with Gasteiger partial charge in [0.15, 0.2) is 4.77 Å². The Bertz CT molecular complexity index is 726. The Morgan fingerprint density at radius 1 is 1.47 bits per heavy atom. The Labute approximate surface area is 119 Å². The minimum atomic E-state index is -0.636. The van der Waals surface area contributed by atoms with Crippen LogP contribution in [-0.2, 0) is 4.79 Å². The molecule has 0 aliphatic carbocycles. The fourth-order valence-corrected chi connectivity index (χ4v) is 3.01. The summed E-state index contributed by atoms with van der Waals surface area (Å²) in [6.45, 7) is 5.41. The predicted octanol–water partition coefficient (Wildman–Crippen LogP) is 2.21. The van der Waals surface area contributed by atoms with Gasteiger partial charge in [-0.2, -0.15) is 0 Å². The monoisotopic (exact) mass is 297 g/mol. The van der Waals surface area contributed by atoms with Crippen molar-refractivity contribution in [3.8, 4) is 0 Å². The molecule has 19 heavy (non-hydrogen) atoms. The molecule has 2 rings (SSSR count). The molecule has 0 aliphatic heterocycles. The zero-order valence-electron chi connectivity index (χ0n) is 10.9. The summed E-state index contributed by atoms with van der Waals surface area (Å²) in [6, 6.07) is 1.12. The lowest BCUT2D eigenvalue weighted by atomic mass is 10.2. The molecule has 0 saturated carbocycles. The first kappa shape index (κ1) is 14.0. The highest BCUT2D eigenvalue weighted by Gasteiger charge is 2.19. The second-order valence-corrected chi connectivity index (χ2v) is 5.91. The van der Waals surface area contributed by atoms with Gasteiger partial charge in [0.25, 0.3) is 5.56 Å². The Morgan fingerprint density at radius 3 is 2.79 bits per heavy atom. The fourth-order valence-electron chi connectivity index (χ4n) is 1.83. The lowest BCUT2D eigenvalue weighted by Crippen LogP contribution is -2.39. The van der Waals surface area contributed by atoms with Gasteiger partial charge in [0.2, 0.25) is 5.91 Å². The van der Waals surface area contributed by atoms with Gasteiger partial charge in [-0.15, -0.1) is 11.3 Å². The minimum absolute atomic E-state index is 0.0214. The second-order valence-electron chi connectivity index (χ2n) is 4.61. The Morgan fingerprint density at radius 2 is 2.16 bits per heavy atom. The molecule has 0 aliphatic rings. The van der Waals surface area contributed by atoms with E-state index in [-0.39, 0.29) is 22.3 Å². The van der Waals surface area contributed by atoms with Gasteiger partial charge in [0.1, 0.15) is 10.9 Å². The molecule has 2 heterocycles. The summed E-state index contributed by atoms with van der Waals surface area (Å²) in [5.41, 5.74) is -0.230. The molecule has 7 heteroatoms. The molecule has 0 spiro atoms. The zero-order chi connectivity index (χ0) is 14.2. The van der Waals surface area contributed by atoms with Gasteiger partial charge in [-0.1, -0.05) is 0 Å². The molecule has 1 unspecified atom stereocenters. The lowest BCUT2D eigenvalue weighted by Gasteiger charge is -2.17. The van der Waals surface area contributed by atoms with Gasteiger partial charge in [0.05, 0.1) is 5.39 Å². The van der Waals surface area contributed by atoms with Crippen LogP contribution in [0.25, 0.3) is 10.2 Å². The molecule has 0 fully saturated rings. The number of aromatic nitrogens is 2.